The summed E-state index contributed by atoms with van der Waals surface area (Å²) in [7, 11) is 1.47. The largest absolute Gasteiger partial charge is 0.469 e. The van der Waals surface area contributed by atoms with Gasteiger partial charge in [0.2, 0.25) is 0 Å². The fourth-order valence-corrected chi connectivity index (χ4v) is 8.23. The molecule has 1 spiro atoms. The normalized spacial score (nSPS) is 57.5. The minimum Gasteiger partial charge on any atom is -0.469 e. The number of methoxy groups -OCH3 is 1. The van der Waals surface area contributed by atoms with Crippen LogP contribution >= 0.6 is 0 Å². The number of rotatable bonds is 1. The summed E-state index contributed by atoms with van der Waals surface area (Å²) in [4.78, 5) is 12.7. The zero-order valence-corrected chi connectivity index (χ0v) is 16.2. The van der Waals surface area contributed by atoms with Crippen molar-refractivity contribution in [1.82, 2.24) is 0 Å². The molecule has 4 aliphatic carbocycles. The van der Waals surface area contributed by atoms with Crippen LogP contribution in [0.25, 0.3) is 0 Å². The molecule has 4 fully saturated rings. The summed E-state index contributed by atoms with van der Waals surface area (Å²) < 4.78 is 5.19. The lowest BCUT2D eigenvalue weighted by Gasteiger charge is -2.67. The zero-order chi connectivity index (χ0) is 18.3. The highest BCUT2D eigenvalue weighted by Gasteiger charge is 2.72. The Kier molecular flexibility index (Phi) is 3.71. The molecule has 4 aliphatic rings. The van der Waals surface area contributed by atoms with Crippen LogP contribution in [-0.4, -0.2) is 35.5 Å². The zero-order valence-electron chi connectivity index (χ0n) is 16.2. The van der Waals surface area contributed by atoms with Gasteiger partial charge in [-0.25, -0.2) is 0 Å². The van der Waals surface area contributed by atoms with Gasteiger partial charge in [0.25, 0.3) is 0 Å². The Bertz CT molecular complexity index is 590. The molecule has 4 heteroatoms. The molecule has 0 aliphatic heterocycles. The molecule has 142 valence electrons. The van der Waals surface area contributed by atoms with E-state index in [9.17, 15) is 15.0 Å². The van der Waals surface area contributed by atoms with E-state index in [-0.39, 0.29) is 34.2 Å². The first-order chi connectivity index (χ1) is 11.6. The summed E-state index contributed by atoms with van der Waals surface area (Å²) in [5.41, 5.74) is -0.504. The predicted molar refractivity (Wildman–Crippen MR) is 94.7 cm³/mol. The van der Waals surface area contributed by atoms with Gasteiger partial charge in [-0.1, -0.05) is 20.3 Å². The lowest BCUT2D eigenvalue weighted by atomic mass is 9.37. The van der Waals surface area contributed by atoms with Gasteiger partial charge in [0.05, 0.1) is 24.7 Å². The quantitative estimate of drug-likeness (QED) is 0.712. The van der Waals surface area contributed by atoms with Crippen LogP contribution < -0.4 is 0 Å². The number of hydrogen-bond donors (Lipinski definition) is 2. The van der Waals surface area contributed by atoms with Gasteiger partial charge in [-0.2, -0.15) is 0 Å². The number of fused-ring (bicyclic) bond motifs is 2. The molecule has 25 heavy (non-hydrogen) atoms. The number of carbonyl (C=O) groups excluding carboxylic acids is 1. The SMILES string of the molecule is COC(=O)[C@]1(C)CCC[C@@]2(C)[C@H]1[C@H](O)C[C@H]1C[C@H](O)[C@@]3(C)CC[C@]12C3. The van der Waals surface area contributed by atoms with Crippen molar-refractivity contribution in [3.63, 3.8) is 0 Å². The maximum Gasteiger partial charge on any atom is 0.311 e. The average Bonchev–Trinajstić information content (AvgIpc) is 2.88. The van der Waals surface area contributed by atoms with E-state index in [0.29, 0.717) is 5.92 Å². The average molecular weight is 350 g/mol. The highest BCUT2D eigenvalue weighted by atomic mass is 16.5. The van der Waals surface area contributed by atoms with Gasteiger partial charge in [-0.3, -0.25) is 4.79 Å². The highest BCUT2D eigenvalue weighted by molar-refractivity contribution is 5.77. The minimum absolute atomic E-state index is 0.00542. The lowest BCUT2D eigenvalue weighted by Crippen LogP contribution is -2.66. The van der Waals surface area contributed by atoms with Crippen molar-refractivity contribution in [3.05, 3.63) is 0 Å². The Morgan fingerprint density at radius 2 is 1.76 bits per heavy atom. The molecule has 0 aromatic carbocycles. The molecule has 0 aromatic heterocycles. The number of aliphatic hydroxyl groups is 2. The van der Waals surface area contributed by atoms with Crippen molar-refractivity contribution in [3.8, 4) is 0 Å². The van der Waals surface area contributed by atoms with Gasteiger partial charge >= 0.3 is 5.97 Å². The summed E-state index contributed by atoms with van der Waals surface area (Å²) in [5, 5.41) is 21.9. The van der Waals surface area contributed by atoms with E-state index >= 15 is 0 Å². The summed E-state index contributed by atoms with van der Waals surface area (Å²) >= 11 is 0. The molecular formula is C21H34O4. The summed E-state index contributed by atoms with van der Waals surface area (Å²) in [5.74, 6) is 0.165. The monoisotopic (exact) mass is 350 g/mol. The van der Waals surface area contributed by atoms with Crippen molar-refractivity contribution in [1.29, 1.82) is 0 Å². The van der Waals surface area contributed by atoms with Crippen molar-refractivity contribution in [2.24, 2.45) is 33.5 Å². The Hall–Kier alpha value is -0.610. The van der Waals surface area contributed by atoms with Crippen LogP contribution in [0.3, 0.4) is 0 Å². The maximum atomic E-state index is 12.7. The van der Waals surface area contributed by atoms with Crippen LogP contribution in [0.4, 0.5) is 0 Å². The van der Waals surface area contributed by atoms with Gasteiger partial charge in [0.1, 0.15) is 0 Å². The molecular weight excluding hydrogens is 316 g/mol. The lowest BCUT2D eigenvalue weighted by molar-refractivity contribution is -0.234. The number of aliphatic hydroxyl groups excluding tert-OH is 2. The summed E-state index contributed by atoms with van der Waals surface area (Å²) in [6.07, 6.45) is 6.92. The van der Waals surface area contributed by atoms with Gasteiger partial charge in [0.15, 0.2) is 0 Å². The third-order valence-electron chi connectivity index (χ3n) is 9.42. The molecule has 0 unspecified atom stereocenters. The predicted octanol–water partition coefficient (Wildman–Crippen LogP) is 3.29. The molecule has 2 N–H and O–H groups in total. The van der Waals surface area contributed by atoms with Crippen molar-refractivity contribution < 1.29 is 19.7 Å². The van der Waals surface area contributed by atoms with Gasteiger partial charge in [-0.15, -0.1) is 0 Å². The first-order valence-corrected chi connectivity index (χ1v) is 10.1. The van der Waals surface area contributed by atoms with Gasteiger partial charge in [-0.05, 0) is 74.0 Å². The molecule has 8 atom stereocenters. The number of ether oxygens (including phenoxy) is 1. The van der Waals surface area contributed by atoms with Crippen LogP contribution in [0.5, 0.6) is 0 Å². The molecule has 0 saturated heterocycles. The van der Waals surface area contributed by atoms with E-state index in [1.807, 2.05) is 6.92 Å². The van der Waals surface area contributed by atoms with Crippen molar-refractivity contribution in [2.45, 2.75) is 84.3 Å². The topological polar surface area (TPSA) is 66.8 Å². The van der Waals surface area contributed by atoms with Crippen LogP contribution in [0.1, 0.15) is 72.1 Å². The molecule has 0 heterocycles. The molecule has 2 bridgehead atoms. The third kappa shape index (κ3) is 1.99. The molecule has 4 nitrogen and oxygen atoms in total. The first kappa shape index (κ1) is 17.8. The Morgan fingerprint density at radius 1 is 1.04 bits per heavy atom. The number of esters is 1. The van der Waals surface area contributed by atoms with Gasteiger partial charge in [0, 0.05) is 5.92 Å². The van der Waals surface area contributed by atoms with Crippen LogP contribution in [0.15, 0.2) is 0 Å². The third-order valence-corrected chi connectivity index (χ3v) is 9.42. The maximum absolute atomic E-state index is 12.7. The van der Waals surface area contributed by atoms with E-state index < -0.39 is 11.5 Å². The highest BCUT2D eigenvalue weighted by Crippen LogP contribution is 2.76. The molecule has 0 aromatic rings. The van der Waals surface area contributed by atoms with E-state index in [4.69, 9.17) is 4.74 Å². The van der Waals surface area contributed by atoms with E-state index in [2.05, 4.69) is 13.8 Å². The number of hydrogen-bond acceptors (Lipinski definition) is 4. The Morgan fingerprint density at radius 3 is 2.44 bits per heavy atom. The fourth-order valence-electron chi connectivity index (χ4n) is 8.23. The second kappa shape index (κ2) is 5.22. The molecule has 4 saturated carbocycles. The van der Waals surface area contributed by atoms with Crippen molar-refractivity contribution >= 4 is 5.97 Å². The van der Waals surface area contributed by atoms with Crippen LogP contribution in [0.2, 0.25) is 0 Å². The van der Waals surface area contributed by atoms with Crippen molar-refractivity contribution in [2.75, 3.05) is 7.11 Å². The van der Waals surface area contributed by atoms with Crippen LogP contribution in [-0.2, 0) is 9.53 Å². The smallest absolute Gasteiger partial charge is 0.311 e. The molecule has 0 radical (unpaired) electrons. The minimum atomic E-state index is -0.601. The second-order valence-corrected chi connectivity index (χ2v) is 10.4. The standard InChI is InChI=1S/C21H34O4/c1-18-8-9-21(12-18)13(11-15(18)23)10-14(22)16-19(2,17(24)25-4)6-5-7-20(16,21)3/h13-16,22-23H,5-12H2,1-4H3/t13-,14+,15-,16-,18-,19+,20-,21-/m0/s1. The summed E-state index contributed by atoms with van der Waals surface area (Å²) in [6.45, 7) is 6.61. The Labute approximate surface area is 151 Å². The second-order valence-electron chi connectivity index (χ2n) is 10.4. The van der Waals surface area contributed by atoms with E-state index in [0.717, 1.165) is 51.4 Å². The van der Waals surface area contributed by atoms with E-state index in [1.165, 1.54) is 7.11 Å². The Balaban J connectivity index is 1.82. The van der Waals surface area contributed by atoms with Crippen LogP contribution in [0, 0.1) is 33.5 Å². The van der Waals surface area contributed by atoms with Gasteiger partial charge < -0.3 is 14.9 Å². The summed E-state index contributed by atoms with van der Waals surface area (Å²) in [6, 6.07) is 0. The first-order valence-electron chi connectivity index (χ1n) is 10.1. The molecule has 0 amide bonds. The number of carbonyl (C=O) groups is 1. The fraction of sp³-hybridized carbons (Fsp3) is 0.952. The van der Waals surface area contributed by atoms with E-state index in [1.54, 1.807) is 0 Å². The molecule has 4 rings (SSSR count).